The molecule has 10 nitrogen and oxygen atoms in total. The van der Waals surface area contributed by atoms with E-state index >= 15 is 0 Å². The van der Waals surface area contributed by atoms with Gasteiger partial charge in [0, 0.05) is 40.4 Å². The monoisotopic (exact) mass is 447 g/mol. The topological polar surface area (TPSA) is 119 Å². The van der Waals surface area contributed by atoms with Gasteiger partial charge in [-0.1, -0.05) is 13.8 Å². The molecule has 0 aromatic carbocycles. The number of rotatable bonds is 9. The number of ether oxygens (including phenoxy) is 1. The van der Waals surface area contributed by atoms with Crippen LogP contribution in [-0.2, 0) is 38.4 Å². The number of sulfonamides is 2. The van der Waals surface area contributed by atoms with Crippen molar-refractivity contribution in [1.82, 2.24) is 13.2 Å². The Morgan fingerprint density at radius 1 is 1.10 bits per heavy atom. The molecule has 0 aliphatic carbocycles. The van der Waals surface area contributed by atoms with Crippen LogP contribution in [0.4, 0.5) is 0 Å². The van der Waals surface area contributed by atoms with E-state index in [9.17, 15) is 21.6 Å². The zero-order valence-electron chi connectivity index (χ0n) is 16.9. The molecular formula is C17H25N3O7S2. The predicted molar refractivity (Wildman–Crippen MR) is 104 cm³/mol. The molecule has 0 N–H and O–H groups in total. The summed E-state index contributed by atoms with van der Waals surface area (Å²) < 4.78 is 63.3. The SMILES string of the molecule is CCN(CC)S(=O)(=O)c1cc(C(=O)OCc2ccc(S(=O)(=O)N(C)C)o2)n(C)c1. The van der Waals surface area contributed by atoms with Gasteiger partial charge >= 0.3 is 5.97 Å². The molecule has 0 saturated heterocycles. The molecule has 0 radical (unpaired) electrons. The van der Waals surface area contributed by atoms with Gasteiger partial charge in [-0.25, -0.2) is 25.9 Å². The van der Waals surface area contributed by atoms with Crippen molar-refractivity contribution in [3.63, 3.8) is 0 Å². The lowest BCUT2D eigenvalue weighted by molar-refractivity contribution is 0.0429. The van der Waals surface area contributed by atoms with Crippen LogP contribution >= 0.6 is 0 Å². The van der Waals surface area contributed by atoms with Crippen molar-refractivity contribution in [2.75, 3.05) is 27.2 Å². The highest BCUT2D eigenvalue weighted by Gasteiger charge is 2.26. The third-order valence-corrected chi connectivity index (χ3v) is 7.95. The van der Waals surface area contributed by atoms with Crippen LogP contribution in [0.25, 0.3) is 0 Å². The van der Waals surface area contributed by atoms with E-state index in [1.165, 1.54) is 54.4 Å². The first-order chi connectivity index (χ1) is 13.4. The Morgan fingerprint density at radius 3 is 2.28 bits per heavy atom. The smallest absolute Gasteiger partial charge is 0.355 e. The summed E-state index contributed by atoms with van der Waals surface area (Å²) in [5, 5.41) is -0.264. The molecule has 2 rings (SSSR count). The van der Waals surface area contributed by atoms with E-state index in [4.69, 9.17) is 9.15 Å². The fourth-order valence-electron chi connectivity index (χ4n) is 2.56. The summed E-state index contributed by atoms with van der Waals surface area (Å²) in [7, 11) is -3.16. The lowest BCUT2D eigenvalue weighted by atomic mass is 10.4. The second-order valence-corrected chi connectivity index (χ2v) is 10.4. The number of carbonyl (C=O) groups is 1. The van der Waals surface area contributed by atoms with Gasteiger partial charge in [0.15, 0.2) is 0 Å². The van der Waals surface area contributed by atoms with Gasteiger partial charge in [0.05, 0.1) is 0 Å². The lowest BCUT2D eigenvalue weighted by Crippen LogP contribution is -2.30. The lowest BCUT2D eigenvalue weighted by Gasteiger charge is -2.17. The fraction of sp³-hybridized carbons (Fsp3) is 0.471. The summed E-state index contributed by atoms with van der Waals surface area (Å²) in [6, 6.07) is 3.92. The second-order valence-electron chi connectivity index (χ2n) is 6.35. The first-order valence-corrected chi connectivity index (χ1v) is 11.7. The maximum atomic E-state index is 12.6. The zero-order chi connectivity index (χ0) is 22.0. The van der Waals surface area contributed by atoms with E-state index in [-0.39, 0.29) is 28.0 Å². The van der Waals surface area contributed by atoms with Crippen molar-refractivity contribution < 1.29 is 30.8 Å². The maximum absolute atomic E-state index is 12.6. The summed E-state index contributed by atoms with van der Waals surface area (Å²) in [5.74, 6) is -0.620. The molecular weight excluding hydrogens is 422 g/mol. The second kappa shape index (κ2) is 8.69. The van der Waals surface area contributed by atoms with Crippen LogP contribution in [-0.4, -0.2) is 63.2 Å². The van der Waals surface area contributed by atoms with E-state index in [2.05, 4.69) is 0 Å². The number of hydrogen-bond donors (Lipinski definition) is 0. The van der Waals surface area contributed by atoms with Crippen molar-refractivity contribution in [2.45, 2.75) is 30.4 Å². The van der Waals surface area contributed by atoms with E-state index in [0.717, 1.165) is 4.31 Å². The zero-order valence-corrected chi connectivity index (χ0v) is 18.6. The number of aryl methyl sites for hydroxylation is 1. The van der Waals surface area contributed by atoms with Crippen LogP contribution in [0.15, 0.2) is 38.8 Å². The third-order valence-electron chi connectivity index (χ3n) is 4.25. The average molecular weight is 448 g/mol. The van der Waals surface area contributed by atoms with Crippen molar-refractivity contribution in [3.05, 3.63) is 35.9 Å². The Labute approximate surface area is 170 Å². The molecule has 2 aromatic rings. The highest BCUT2D eigenvalue weighted by molar-refractivity contribution is 7.89. The van der Waals surface area contributed by atoms with E-state index in [0.29, 0.717) is 13.1 Å². The fourth-order valence-corrected chi connectivity index (χ4v) is 4.90. The number of furan rings is 1. The Balaban J connectivity index is 2.15. The Hall–Kier alpha value is -2.15. The van der Waals surface area contributed by atoms with E-state index < -0.39 is 26.0 Å². The predicted octanol–water partition coefficient (Wildman–Crippen LogP) is 1.26. The molecule has 2 heterocycles. The molecule has 29 heavy (non-hydrogen) atoms. The Kier molecular flexibility index (Phi) is 6.93. The van der Waals surface area contributed by atoms with Gasteiger partial charge in [0.25, 0.3) is 10.0 Å². The molecule has 0 saturated carbocycles. The molecule has 0 aliphatic rings. The molecule has 0 atom stereocenters. The van der Waals surface area contributed by atoms with Gasteiger partial charge in [0.2, 0.25) is 15.1 Å². The molecule has 2 aromatic heterocycles. The summed E-state index contributed by atoms with van der Waals surface area (Å²) in [6.45, 7) is 3.78. The minimum atomic E-state index is -3.73. The quantitative estimate of drug-likeness (QED) is 0.531. The van der Waals surface area contributed by atoms with Gasteiger partial charge < -0.3 is 13.7 Å². The molecule has 0 fully saturated rings. The van der Waals surface area contributed by atoms with Crippen LogP contribution in [0.3, 0.4) is 0 Å². The van der Waals surface area contributed by atoms with Crippen LogP contribution in [0.1, 0.15) is 30.1 Å². The average Bonchev–Trinajstić information content (AvgIpc) is 3.27. The van der Waals surface area contributed by atoms with E-state index in [1.54, 1.807) is 13.8 Å². The van der Waals surface area contributed by atoms with Crippen molar-refractivity contribution in [3.8, 4) is 0 Å². The molecule has 0 bridgehead atoms. The van der Waals surface area contributed by atoms with Gasteiger partial charge in [0.1, 0.15) is 23.0 Å². The summed E-state index contributed by atoms with van der Waals surface area (Å²) in [5.41, 5.74) is 0.0448. The number of nitrogens with zero attached hydrogens (tertiary/aromatic N) is 3. The first-order valence-electron chi connectivity index (χ1n) is 8.80. The van der Waals surface area contributed by atoms with Gasteiger partial charge in [-0.05, 0) is 18.2 Å². The highest BCUT2D eigenvalue weighted by Crippen LogP contribution is 2.21. The molecule has 0 aliphatic heterocycles. The van der Waals surface area contributed by atoms with Gasteiger partial charge in [-0.3, -0.25) is 0 Å². The molecule has 0 amide bonds. The number of esters is 1. The van der Waals surface area contributed by atoms with Crippen LogP contribution in [0.5, 0.6) is 0 Å². The van der Waals surface area contributed by atoms with Crippen molar-refractivity contribution in [1.29, 1.82) is 0 Å². The van der Waals surface area contributed by atoms with Crippen molar-refractivity contribution >= 4 is 26.0 Å². The third kappa shape index (κ3) is 4.71. The first kappa shape index (κ1) is 23.1. The van der Waals surface area contributed by atoms with Crippen LogP contribution in [0.2, 0.25) is 0 Å². The van der Waals surface area contributed by atoms with Crippen LogP contribution in [0, 0.1) is 0 Å². The summed E-state index contributed by atoms with van der Waals surface area (Å²) in [6.07, 6.45) is 1.35. The summed E-state index contributed by atoms with van der Waals surface area (Å²) in [4.78, 5) is 12.4. The Morgan fingerprint density at radius 2 is 1.72 bits per heavy atom. The highest BCUT2D eigenvalue weighted by atomic mass is 32.2. The molecule has 0 unspecified atom stereocenters. The van der Waals surface area contributed by atoms with Crippen LogP contribution < -0.4 is 0 Å². The van der Waals surface area contributed by atoms with Gasteiger partial charge in [-0.15, -0.1) is 0 Å². The summed E-state index contributed by atoms with van der Waals surface area (Å²) >= 11 is 0. The Bertz CT molecular complexity index is 1080. The van der Waals surface area contributed by atoms with Crippen molar-refractivity contribution in [2.24, 2.45) is 7.05 Å². The standard InChI is InChI=1S/C17H25N3O7S2/c1-6-20(7-2)28(22,23)14-10-15(19(5)11-14)17(21)26-12-13-8-9-16(27-13)29(24,25)18(3)4/h8-11H,6-7,12H2,1-5H3. The molecule has 162 valence electrons. The molecule has 0 spiro atoms. The number of carbonyl (C=O) groups excluding carboxylic acids is 1. The van der Waals surface area contributed by atoms with Gasteiger partial charge in [-0.2, -0.15) is 4.31 Å². The minimum Gasteiger partial charge on any atom is -0.453 e. The largest absolute Gasteiger partial charge is 0.453 e. The minimum absolute atomic E-state index is 0.00647. The maximum Gasteiger partial charge on any atom is 0.355 e. The van der Waals surface area contributed by atoms with E-state index in [1.807, 2.05) is 0 Å². The molecule has 12 heteroatoms. The normalized spacial score (nSPS) is 12.7. The number of aromatic nitrogens is 1. The number of hydrogen-bond acceptors (Lipinski definition) is 7.